The minimum absolute atomic E-state index is 0.0576. The molecule has 1 N–H and O–H groups in total. The van der Waals surface area contributed by atoms with Gasteiger partial charge in [-0.3, -0.25) is 9.78 Å². The van der Waals surface area contributed by atoms with Gasteiger partial charge in [-0.2, -0.15) is 8.42 Å². The molecule has 0 spiro atoms. The maximum atomic E-state index is 12.7. The highest BCUT2D eigenvalue weighted by Crippen LogP contribution is 2.32. The van der Waals surface area contributed by atoms with E-state index in [-0.39, 0.29) is 16.6 Å². The Hall–Kier alpha value is -3.23. The summed E-state index contributed by atoms with van der Waals surface area (Å²) in [6.07, 6.45) is 1.56. The molecule has 0 aliphatic heterocycles. The van der Waals surface area contributed by atoms with Crippen LogP contribution in [0, 0.1) is 6.92 Å². The average molecular weight is 497 g/mol. The molecule has 31 heavy (non-hydrogen) atoms. The fraction of sp³-hybridized carbons (Fsp3) is 0.0435. The first-order valence-corrected chi connectivity index (χ1v) is 11.5. The van der Waals surface area contributed by atoms with Gasteiger partial charge >= 0.3 is 10.1 Å². The van der Waals surface area contributed by atoms with E-state index in [1.807, 2.05) is 13.0 Å². The fourth-order valence-corrected chi connectivity index (χ4v) is 4.36. The molecule has 0 atom stereocenters. The van der Waals surface area contributed by atoms with E-state index in [2.05, 4.69) is 26.2 Å². The Kier molecular flexibility index (Phi) is 5.75. The minimum atomic E-state index is -4.03. The molecule has 1 aromatic heterocycles. The lowest BCUT2D eigenvalue weighted by molar-refractivity contribution is 0.102. The third kappa shape index (κ3) is 4.60. The van der Waals surface area contributed by atoms with Crippen LogP contribution in [0.5, 0.6) is 5.75 Å². The number of fused-ring (bicyclic) bond motifs is 1. The lowest BCUT2D eigenvalue weighted by Crippen LogP contribution is -2.13. The highest BCUT2D eigenvalue weighted by molar-refractivity contribution is 9.10. The van der Waals surface area contributed by atoms with Crippen molar-refractivity contribution < 1.29 is 17.4 Å². The summed E-state index contributed by atoms with van der Waals surface area (Å²) in [6, 6.07) is 19.8. The van der Waals surface area contributed by atoms with E-state index < -0.39 is 10.1 Å². The molecule has 1 amide bonds. The zero-order chi connectivity index (χ0) is 22.0. The van der Waals surface area contributed by atoms with Crippen molar-refractivity contribution in [2.24, 2.45) is 0 Å². The lowest BCUT2D eigenvalue weighted by atomic mass is 10.1. The van der Waals surface area contributed by atoms with Gasteiger partial charge in [0.25, 0.3) is 5.91 Å². The van der Waals surface area contributed by atoms with E-state index in [1.165, 1.54) is 18.2 Å². The van der Waals surface area contributed by atoms with E-state index in [9.17, 15) is 13.2 Å². The molecule has 0 saturated carbocycles. The van der Waals surface area contributed by atoms with Gasteiger partial charge in [-0.05, 0) is 61.5 Å². The summed E-state index contributed by atoms with van der Waals surface area (Å²) in [4.78, 5) is 17.0. The quantitative estimate of drug-likeness (QED) is 0.377. The molecule has 6 nitrogen and oxygen atoms in total. The number of carbonyl (C=O) groups is 1. The van der Waals surface area contributed by atoms with Crippen molar-refractivity contribution in [2.75, 3.05) is 5.32 Å². The van der Waals surface area contributed by atoms with Gasteiger partial charge in [0.05, 0.1) is 11.2 Å². The van der Waals surface area contributed by atoms with Crippen LogP contribution < -0.4 is 9.50 Å². The van der Waals surface area contributed by atoms with E-state index >= 15 is 0 Å². The first-order chi connectivity index (χ1) is 14.8. The van der Waals surface area contributed by atoms with Gasteiger partial charge in [0.1, 0.15) is 4.90 Å². The van der Waals surface area contributed by atoms with E-state index in [0.29, 0.717) is 22.2 Å². The number of aryl methyl sites for hydroxylation is 1. The van der Waals surface area contributed by atoms with Crippen LogP contribution in [-0.2, 0) is 10.1 Å². The number of pyridine rings is 1. The van der Waals surface area contributed by atoms with Gasteiger partial charge < -0.3 is 9.50 Å². The van der Waals surface area contributed by atoms with E-state index in [4.69, 9.17) is 4.18 Å². The second kappa shape index (κ2) is 8.49. The first kappa shape index (κ1) is 21.0. The Morgan fingerprint density at radius 3 is 2.52 bits per heavy atom. The highest BCUT2D eigenvalue weighted by Gasteiger charge is 2.19. The number of halogens is 1. The monoisotopic (exact) mass is 496 g/mol. The summed E-state index contributed by atoms with van der Waals surface area (Å²) in [7, 11) is -4.03. The van der Waals surface area contributed by atoms with Crippen LogP contribution in [0.25, 0.3) is 10.9 Å². The molecule has 4 aromatic rings. The number of hydrogen-bond donors (Lipinski definition) is 1. The van der Waals surface area contributed by atoms with Crippen LogP contribution in [0.15, 0.2) is 88.4 Å². The minimum Gasteiger partial charge on any atom is -0.378 e. The molecule has 0 saturated heterocycles. The Morgan fingerprint density at radius 1 is 1.00 bits per heavy atom. The highest BCUT2D eigenvalue weighted by atomic mass is 79.9. The standard InChI is InChI=1S/C23H17BrN2O4S/c1-15-7-9-18(10-8-15)31(28,29)30-21-12-11-20(22-19(21)6-3-13-25-22)26-23(27)16-4-2-5-17(24)14-16/h2-14H,1H3,(H,26,27). The van der Waals surface area contributed by atoms with Gasteiger partial charge in [-0.15, -0.1) is 0 Å². The van der Waals surface area contributed by atoms with Crippen LogP contribution in [0.2, 0.25) is 0 Å². The Bertz CT molecular complexity index is 1390. The molecule has 8 heteroatoms. The maximum Gasteiger partial charge on any atom is 0.339 e. The molecular formula is C23H17BrN2O4S. The largest absolute Gasteiger partial charge is 0.378 e. The number of benzene rings is 3. The zero-order valence-corrected chi connectivity index (χ0v) is 18.8. The molecule has 156 valence electrons. The summed E-state index contributed by atoms with van der Waals surface area (Å²) in [5, 5.41) is 3.29. The number of amides is 1. The molecule has 1 heterocycles. The second-order valence-electron chi connectivity index (χ2n) is 6.83. The van der Waals surface area contributed by atoms with Crippen molar-refractivity contribution in [1.82, 2.24) is 4.98 Å². The summed E-state index contributed by atoms with van der Waals surface area (Å²) in [6.45, 7) is 1.87. The van der Waals surface area contributed by atoms with Crippen LogP contribution in [0.4, 0.5) is 5.69 Å². The number of aromatic nitrogens is 1. The van der Waals surface area contributed by atoms with E-state index in [0.717, 1.165) is 10.0 Å². The predicted molar refractivity (Wildman–Crippen MR) is 123 cm³/mol. The summed E-state index contributed by atoms with van der Waals surface area (Å²) in [5.41, 5.74) is 2.28. The lowest BCUT2D eigenvalue weighted by Gasteiger charge is -2.13. The molecule has 0 aliphatic rings. The number of nitrogens with zero attached hydrogens (tertiary/aromatic N) is 1. The van der Waals surface area contributed by atoms with Crippen LogP contribution in [0.1, 0.15) is 15.9 Å². The van der Waals surface area contributed by atoms with E-state index in [1.54, 1.807) is 54.7 Å². The van der Waals surface area contributed by atoms with Gasteiger partial charge in [0.15, 0.2) is 5.75 Å². The van der Waals surface area contributed by atoms with Crippen molar-refractivity contribution in [1.29, 1.82) is 0 Å². The van der Waals surface area contributed by atoms with Crippen LogP contribution in [-0.4, -0.2) is 19.3 Å². The molecule has 0 fully saturated rings. The molecule has 4 rings (SSSR count). The van der Waals surface area contributed by atoms with Gasteiger partial charge in [-0.25, -0.2) is 0 Å². The van der Waals surface area contributed by atoms with Crippen molar-refractivity contribution in [2.45, 2.75) is 11.8 Å². The molecule has 0 radical (unpaired) electrons. The van der Waals surface area contributed by atoms with Gasteiger partial charge in [0.2, 0.25) is 0 Å². The Morgan fingerprint density at radius 2 is 1.77 bits per heavy atom. The van der Waals surface area contributed by atoms with Crippen molar-refractivity contribution in [3.8, 4) is 5.75 Å². The van der Waals surface area contributed by atoms with Crippen molar-refractivity contribution >= 4 is 48.5 Å². The molecule has 0 unspecified atom stereocenters. The molecular weight excluding hydrogens is 480 g/mol. The predicted octanol–water partition coefficient (Wildman–Crippen LogP) is 5.33. The fourth-order valence-electron chi connectivity index (χ4n) is 3.02. The summed E-state index contributed by atoms with van der Waals surface area (Å²) in [5.74, 6) is -0.182. The van der Waals surface area contributed by atoms with Crippen molar-refractivity contribution in [3.05, 3.63) is 94.6 Å². The van der Waals surface area contributed by atoms with Crippen LogP contribution >= 0.6 is 15.9 Å². The SMILES string of the molecule is Cc1ccc(S(=O)(=O)Oc2ccc(NC(=O)c3cccc(Br)c3)c3ncccc23)cc1. The molecule has 0 aliphatic carbocycles. The third-order valence-corrected chi connectivity index (χ3v) is 6.32. The van der Waals surface area contributed by atoms with Crippen LogP contribution in [0.3, 0.4) is 0 Å². The van der Waals surface area contributed by atoms with Gasteiger partial charge in [-0.1, -0.05) is 39.7 Å². The summed E-state index contributed by atoms with van der Waals surface area (Å²) < 4.78 is 31.6. The van der Waals surface area contributed by atoms with Gasteiger partial charge in [0, 0.05) is 21.6 Å². The smallest absolute Gasteiger partial charge is 0.339 e. The number of nitrogens with one attached hydrogen (secondary N) is 1. The Balaban J connectivity index is 1.68. The summed E-state index contributed by atoms with van der Waals surface area (Å²) >= 11 is 3.35. The Labute approximate surface area is 188 Å². The topological polar surface area (TPSA) is 85.4 Å². The number of carbonyl (C=O) groups excluding carboxylic acids is 1. The third-order valence-electron chi connectivity index (χ3n) is 4.57. The van der Waals surface area contributed by atoms with Crippen molar-refractivity contribution in [3.63, 3.8) is 0 Å². The number of anilines is 1. The normalized spacial score (nSPS) is 11.3. The zero-order valence-electron chi connectivity index (χ0n) is 16.4. The first-order valence-electron chi connectivity index (χ1n) is 9.29. The number of hydrogen-bond acceptors (Lipinski definition) is 5. The molecule has 0 bridgehead atoms. The maximum absolute atomic E-state index is 12.7. The number of rotatable bonds is 5. The second-order valence-corrected chi connectivity index (χ2v) is 9.29. The molecule has 3 aromatic carbocycles. The average Bonchev–Trinajstić information content (AvgIpc) is 2.75.